The lowest BCUT2D eigenvalue weighted by Gasteiger charge is -2.35. The Morgan fingerprint density at radius 3 is 2.87 bits per heavy atom. The van der Waals surface area contributed by atoms with Crippen LogP contribution in [0.25, 0.3) is 33.4 Å². The Hall–Kier alpha value is -3.38. The molecule has 1 fully saturated rings. The molecule has 3 radical (unpaired) electrons. The fourth-order valence-corrected chi connectivity index (χ4v) is 7.80. The van der Waals surface area contributed by atoms with Crippen LogP contribution in [-0.4, -0.2) is 68.0 Å². The van der Waals surface area contributed by atoms with Gasteiger partial charge < -0.3 is 14.0 Å². The standard InChI is InChI=1S/C34H40N5O4SSi/c1-6-38-27-12-11-21-15-23(27)24(31(38)22-9-7-13-35-30(22)20(2)42-5)17-34(3,4)19-43-33(41)25-10-8-14-39(37-25)32(40)28(45)16-29-36-26(21)18-44-29/h7,9,11-13,15,18,20,25,28,37H,6,8,10,14,16-17,19H2,1-5H3/t20-,25-,28-/m0/s1. The normalized spacial score (nSPS) is 21.4. The molecule has 0 unspecified atom stereocenters. The van der Waals surface area contributed by atoms with Crippen LogP contribution in [0.2, 0.25) is 5.54 Å². The minimum Gasteiger partial charge on any atom is -0.464 e. The molecule has 9 nitrogen and oxygen atoms in total. The molecule has 3 atom stereocenters. The summed E-state index contributed by atoms with van der Waals surface area (Å²) in [6, 6.07) is 10.1. The fourth-order valence-electron chi connectivity index (χ4n) is 6.45. The molecule has 0 saturated carbocycles. The molecule has 2 aliphatic heterocycles. The predicted molar refractivity (Wildman–Crippen MR) is 177 cm³/mol. The fraction of sp³-hybridized carbons (Fsp3) is 0.471. The molecule has 45 heavy (non-hydrogen) atoms. The predicted octanol–water partition coefficient (Wildman–Crippen LogP) is 5.67. The van der Waals surface area contributed by atoms with Crippen molar-refractivity contribution in [3.05, 3.63) is 58.2 Å². The van der Waals surface area contributed by atoms with Crippen molar-refractivity contribution in [3.8, 4) is 22.5 Å². The second-order valence-electron chi connectivity index (χ2n) is 12.8. The van der Waals surface area contributed by atoms with Crippen LogP contribution in [0.15, 0.2) is 41.9 Å². The van der Waals surface area contributed by atoms with Gasteiger partial charge in [0.05, 0.1) is 34.8 Å². The molecular formula is C34H40N5O4SSi. The Bertz CT molecular complexity index is 1730. The molecule has 11 heteroatoms. The first-order chi connectivity index (χ1) is 21.6. The number of carbonyl (C=O) groups is 2. The molecule has 2 aliphatic rings. The van der Waals surface area contributed by atoms with Crippen LogP contribution in [0.4, 0.5) is 0 Å². The summed E-state index contributed by atoms with van der Waals surface area (Å²) in [5, 5.41) is 5.63. The van der Waals surface area contributed by atoms with Gasteiger partial charge >= 0.3 is 5.97 Å². The summed E-state index contributed by atoms with van der Waals surface area (Å²) < 4.78 is 14.1. The summed E-state index contributed by atoms with van der Waals surface area (Å²) >= 11 is 1.55. The first-order valence-corrected chi connectivity index (χ1v) is 17.1. The van der Waals surface area contributed by atoms with Crippen molar-refractivity contribution in [2.45, 2.75) is 77.6 Å². The number of carbonyl (C=O) groups excluding carboxylic acids is 2. The van der Waals surface area contributed by atoms with Crippen LogP contribution >= 0.6 is 11.3 Å². The number of rotatable bonds is 4. The molecule has 1 saturated heterocycles. The third-order valence-electron chi connectivity index (χ3n) is 8.84. The van der Waals surface area contributed by atoms with Gasteiger partial charge in [0.15, 0.2) is 0 Å². The zero-order chi connectivity index (χ0) is 31.9. The number of thiazole rings is 1. The van der Waals surface area contributed by atoms with E-state index in [0.29, 0.717) is 25.8 Å². The lowest BCUT2D eigenvalue weighted by atomic mass is 9.84. The maximum atomic E-state index is 13.3. The Morgan fingerprint density at radius 2 is 2.09 bits per heavy atom. The number of ether oxygens (including phenoxy) is 2. The van der Waals surface area contributed by atoms with Crippen LogP contribution in [-0.2, 0) is 38.4 Å². The SMILES string of the molecule is CCn1c(-c2cccnc2[C@H](C)OC)c2c3cc(ccc31)-c1csc(n1)C[C@H]([Si])C(=O)N1CCC[C@H](N1)C(=O)OCC(C)(C)C2. The first-order valence-electron chi connectivity index (χ1n) is 15.6. The Balaban J connectivity index is 1.53. The van der Waals surface area contributed by atoms with Crippen LogP contribution < -0.4 is 5.43 Å². The van der Waals surface area contributed by atoms with Gasteiger partial charge in [0.1, 0.15) is 6.04 Å². The van der Waals surface area contributed by atoms with Gasteiger partial charge in [0.25, 0.3) is 0 Å². The Morgan fingerprint density at radius 1 is 1.27 bits per heavy atom. The summed E-state index contributed by atoms with van der Waals surface area (Å²) in [6.45, 7) is 9.99. The topological polar surface area (TPSA) is 98.6 Å². The first kappa shape index (κ1) is 31.6. The molecule has 3 aromatic heterocycles. The van der Waals surface area contributed by atoms with E-state index in [2.05, 4.69) is 70.7 Å². The Labute approximate surface area is 271 Å². The Kier molecular flexibility index (Phi) is 8.97. The number of pyridine rings is 1. The summed E-state index contributed by atoms with van der Waals surface area (Å²) in [5.74, 6) is -0.446. The number of nitrogens with zero attached hydrogens (tertiary/aromatic N) is 4. The maximum absolute atomic E-state index is 13.3. The number of methoxy groups -OCH3 is 1. The lowest BCUT2D eigenvalue weighted by molar-refractivity contribution is -0.154. The molecular weight excluding hydrogens is 603 g/mol. The number of hydrogen-bond acceptors (Lipinski definition) is 8. The van der Waals surface area contributed by atoms with E-state index in [1.165, 1.54) is 5.56 Å². The summed E-state index contributed by atoms with van der Waals surface area (Å²) in [4.78, 5) is 36.4. The van der Waals surface area contributed by atoms with Crippen molar-refractivity contribution in [1.82, 2.24) is 25.0 Å². The van der Waals surface area contributed by atoms with E-state index in [4.69, 9.17) is 19.4 Å². The van der Waals surface area contributed by atoms with Crippen LogP contribution in [0.1, 0.15) is 62.9 Å². The molecule has 6 rings (SSSR count). The highest BCUT2D eigenvalue weighted by Crippen LogP contribution is 2.42. The average Bonchev–Trinajstić information content (AvgIpc) is 3.64. The van der Waals surface area contributed by atoms with Gasteiger partial charge in [-0.05, 0) is 62.9 Å². The zero-order valence-electron chi connectivity index (χ0n) is 26.6. The number of fused-ring (bicyclic) bond motifs is 6. The van der Waals surface area contributed by atoms with E-state index >= 15 is 0 Å². The monoisotopic (exact) mass is 642 g/mol. The van der Waals surface area contributed by atoms with E-state index in [9.17, 15) is 9.59 Å². The third-order valence-corrected chi connectivity index (χ3v) is 10.2. The molecule has 1 N–H and O–H groups in total. The van der Waals surface area contributed by atoms with Gasteiger partial charge in [-0.25, -0.2) is 10.4 Å². The van der Waals surface area contributed by atoms with E-state index in [1.54, 1.807) is 23.5 Å². The van der Waals surface area contributed by atoms with Crippen LogP contribution in [0, 0.1) is 5.41 Å². The lowest BCUT2D eigenvalue weighted by Crippen LogP contribution is -2.56. The number of benzene rings is 1. The summed E-state index contributed by atoms with van der Waals surface area (Å²) in [5.41, 5.74) is 9.51. The molecule has 1 amide bonds. The summed E-state index contributed by atoms with van der Waals surface area (Å²) in [6.07, 6.45) is 4.07. The van der Waals surface area contributed by atoms with Crippen molar-refractivity contribution >= 4 is 44.4 Å². The van der Waals surface area contributed by atoms with Gasteiger partial charge in [0, 0.05) is 81.4 Å². The third kappa shape index (κ3) is 6.23. The van der Waals surface area contributed by atoms with Gasteiger partial charge in [-0.1, -0.05) is 19.9 Å². The molecule has 1 aromatic carbocycles. The highest BCUT2D eigenvalue weighted by Gasteiger charge is 2.34. The second kappa shape index (κ2) is 12.8. The largest absolute Gasteiger partial charge is 0.464 e. The van der Waals surface area contributed by atoms with Crippen LogP contribution in [0.3, 0.4) is 0 Å². The van der Waals surface area contributed by atoms with Gasteiger partial charge in [-0.2, -0.15) is 0 Å². The molecule has 4 aromatic rings. The van der Waals surface area contributed by atoms with E-state index in [-0.39, 0.29) is 24.6 Å². The molecule has 0 aliphatic carbocycles. The average molecular weight is 643 g/mol. The van der Waals surface area contributed by atoms with Gasteiger partial charge in [0.2, 0.25) is 5.91 Å². The number of aromatic nitrogens is 3. The van der Waals surface area contributed by atoms with Crippen molar-refractivity contribution < 1.29 is 19.1 Å². The quantitative estimate of drug-likeness (QED) is 0.226. The van der Waals surface area contributed by atoms with E-state index in [1.807, 2.05) is 19.2 Å². The number of cyclic esters (lactones) is 1. The van der Waals surface area contributed by atoms with Crippen molar-refractivity contribution in [2.24, 2.45) is 5.41 Å². The number of nitrogens with one attached hydrogen (secondary N) is 1. The minimum absolute atomic E-state index is 0.112. The van der Waals surface area contributed by atoms with Crippen LogP contribution in [0.5, 0.6) is 0 Å². The molecule has 5 heterocycles. The van der Waals surface area contributed by atoms with E-state index < -0.39 is 17.0 Å². The van der Waals surface area contributed by atoms with E-state index in [0.717, 1.165) is 57.1 Å². The maximum Gasteiger partial charge on any atom is 0.324 e. The summed E-state index contributed by atoms with van der Waals surface area (Å²) in [7, 11) is 5.37. The highest BCUT2D eigenvalue weighted by molar-refractivity contribution is 7.10. The smallest absolute Gasteiger partial charge is 0.324 e. The highest BCUT2D eigenvalue weighted by atomic mass is 32.1. The minimum atomic E-state index is -0.573. The van der Waals surface area contributed by atoms with Crippen molar-refractivity contribution in [3.63, 3.8) is 0 Å². The molecule has 235 valence electrons. The van der Waals surface area contributed by atoms with Gasteiger partial charge in [-0.15, -0.1) is 11.3 Å². The molecule has 0 spiro atoms. The number of amides is 1. The second-order valence-corrected chi connectivity index (χ2v) is 14.4. The van der Waals surface area contributed by atoms with Crippen molar-refractivity contribution in [2.75, 3.05) is 20.3 Å². The number of hydrogen-bond donors (Lipinski definition) is 1. The number of aryl methyl sites for hydroxylation is 1. The van der Waals surface area contributed by atoms with Gasteiger partial charge in [-0.3, -0.25) is 19.6 Å². The van der Waals surface area contributed by atoms with Crippen molar-refractivity contribution in [1.29, 1.82) is 0 Å². The number of esters is 1. The molecule has 6 bridgehead atoms. The number of hydrazine groups is 1. The zero-order valence-corrected chi connectivity index (χ0v) is 28.4.